The summed E-state index contributed by atoms with van der Waals surface area (Å²) in [5.41, 5.74) is -0.826. The maximum atomic E-state index is 12.5. The van der Waals surface area contributed by atoms with E-state index in [0.717, 1.165) is 37.5 Å². The molecule has 4 nitrogen and oxygen atoms in total. The summed E-state index contributed by atoms with van der Waals surface area (Å²) in [7, 11) is 0. The van der Waals surface area contributed by atoms with Crippen molar-refractivity contribution in [1.29, 1.82) is 0 Å². The molecular weight excluding hydrogens is 266 g/mol. The highest BCUT2D eigenvalue weighted by molar-refractivity contribution is 5.88. The minimum atomic E-state index is -0.826. The van der Waals surface area contributed by atoms with Crippen LogP contribution < -0.4 is 0 Å². The second kappa shape index (κ2) is 5.29. The maximum absolute atomic E-state index is 12.5. The molecule has 118 valence electrons. The highest BCUT2D eigenvalue weighted by atomic mass is 16.6. The molecule has 0 aromatic carbocycles. The van der Waals surface area contributed by atoms with Crippen molar-refractivity contribution in [1.82, 2.24) is 4.90 Å². The van der Waals surface area contributed by atoms with E-state index in [4.69, 9.17) is 4.74 Å². The van der Waals surface area contributed by atoms with Gasteiger partial charge in [-0.2, -0.15) is 0 Å². The van der Waals surface area contributed by atoms with Gasteiger partial charge in [-0.05, 0) is 64.7 Å². The van der Waals surface area contributed by atoms with Crippen LogP contribution in [-0.4, -0.2) is 35.5 Å². The molecule has 4 aliphatic rings. The SMILES string of the molecule is CCN(CC)C(=O)OC1(C(C)=O)C2CC3CC(C2)CC1C3. The average Bonchev–Trinajstić information content (AvgIpc) is 2.43. The molecule has 4 aliphatic carbocycles. The number of rotatable bonds is 4. The van der Waals surface area contributed by atoms with E-state index in [1.165, 1.54) is 6.42 Å². The first kappa shape index (κ1) is 14.9. The van der Waals surface area contributed by atoms with Gasteiger partial charge < -0.3 is 9.64 Å². The molecule has 4 heteroatoms. The summed E-state index contributed by atoms with van der Waals surface area (Å²) in [6.07, 6.45) is 5.29. The summed E-state index contributed by atoms with van der Waals surface area (Å²) in [5, 5.41) is 0. The van der Waals surface area contributed by atoms with Crippen LogP contribution in [0.4, 0.5) is 4.79 Å². The van der Waals surface area contributed by atoms with E-state index in [0.29, 0.717) is 13.1 Å². The van der Waals surface area contributed by atoms with Gasteiger partial charge in [0.05, 0.1) is 0 Å². The molecule has 4 saturated carbocycles. The van der Waals surface area contributed by atoms with Gasteiger partial charge in [0, 0.05) is 24.9 Å². The van der Waals surface area contributed by atoms with E-state index in [-0.39, 0.29) is 23.7 Å². The van der Waals surface area contributed by atoms with Gasteiger partial charge in [-0.15, -0.1) is 0 Å². The average molecular weight is 293 g/mol. The molecule has 4 fully saturated rings. The Bertz CT molecular complexity index is 413. The van der Waals surface area contributed by atoms with Crippen LogP contribution in [0.3, 0.4) is 0 Å². The number of ether oxygens (including phenoxy) is 1. The molecule has 4 bridgehead atoms. The summed E-state index contributed by atoms with van der Waals surface area (Å²) >= 11 is 0. The molecule has 0 atom stereocenters. The van der Waals surface area contributed by atoms with E-state index in [1.54, 1.807) is 11.8 Å². The molecule has 21 heavy (non-hydrogen) atoms. The zero-order chi connectivity index (χ0) is 15.2. The first-order valence-corrected chi connectivity index (χ1v) is 8.50. The van der Waals surface area contributed by atoms with Gasteiger partial charge in [-0.25, -0.2) is 4.79 Å². The molecule has 0 N–H and O–H groups in total. The van der Waals surface area contributed by atoms with E-state index >= 15 is 0 Å². The summed E-state index contributed by atoms with van der Waals surface area (Å²) < 4.78 is 5.96. The van der Waals surface area contributed by atoms with Gasteiger partial charge in [0.15, 0.2) is 11.4 Å². The lowest BCUT2D eigenvalue weighted by Crippen LogP contribution is -2.64. The van der Waals surface area contributed by atoms with Gasteiger partial charge in [0.1, 0.15) is 0 Å². The highest BCUT2D eigenvalue weighted by Gasteiger charge is 2.62. The third-order valence-electron chi connectivity index (χ3n) is 6.18. The lowest BCUT2D eigenvalue weighted by molar-refractivity contribution is -0.186. The summed E-state index contributed by atoms with van der Waals surface area (Å²) in [6, 6.07) is 0. The Morgan fingerprint density at radius 1 is 1.00 bits per heavy atom. The fraction of sp³-hybridized carbons (Fsp3) is 0.882. The Morgan fingerprint density at radius 2 is 1.48 bits per heavy atom. The second-order valence-corrected chi connectivity index (χ2v) is 7.19. The largest absolute Gasteiger partial charge is 0.434 e. The van der Waals surface area contributed by atoms with Crippen molar-refractivity contribution in [2.24, 2.45) is 23.7 Å². The molecule has 0 aliphatic heterocycles. The van der Waals surface area contributed by atoms with Crippen LogP contribution in [0.25, 0.3) is 0 Å². The van der Waals surface area contributed by atoms with Crippen LogP contribution >= 0.6 is 0 Å². The van der Waals surface area contributed by atoms with Crippen molar-refractivity contribution in [2.45, 2.75) is 58.5 Å². The molecular formula is C17H27NO3. The molecule has 1 amide bonds. The van der Waals surface area contributed by atoms with E-state index in [9.17, 15) is 9.59 Å². The molecule has 0 saturated heterocycles. The minimum Gasteiger partial charge on any atom is -0.434 e. The topological polar surface area (TPSA) is 46.6 Å². The molecule has 0 aromatic rings. The van der Waals surface area contributed by atoms with Gasteiger partial charge in [0.25, 0.3) is 0 Å². The molecule has 0 aromatic heterocycles. The van der Waals surface area contributed by atoms with Crippen molar-refractivity contribution in [3.8, 4) is 0 Å². The van der Waals surface area contributed by atoms with Crippen molar-refractivity contribution in [2.75, 3.05) is 13.1 Å². The predicted octanol–water partition coefficient (Wildman–Crippen LogP) is 3.25. The first-order valence-electron chi connectivity index (χ1n) is 8.50. The van der Waals surface area contributed by atoms with Gasteiger partial charge in [-0.1, -0.05) is 0 Å². The van der Waals surface area contributed by atoms with Crippen molar-refractivity contribution >= 4 is 11.9 Å². The van der Waals surface area contributed by atoms with Crippen LogP contribution in [0, 0.1) is 23.7 Å². The standard InChI is InChI=1S/C17H27NO3/c1-4-18(5-2)16(20)21-17(11(3)19)14-7-12-6-13(9-14)10-15(17)8-12/h12-15H,4-10H2,1-3H3. The number of Topliss-reactive ketones (excluding diaryl/α,β-unsaturated/α-hetero) is 1. The molecule has 4 rings (SSSR count). The predicted molar refractivity (Wildman–Crippen MR) is 79.9 cm³/mol. The Kier molecular flexibility index (Phi) is 3.74. The number of ketones is 1. The maximum Gasteiger partial charge on any atom is 0.410 e. The molecule has 0 unspecified atom stereocenters. The summed E-state index contributed by atoms with van der Waals surface area (Å²) in [6.45, 7) is 6.77. The van der Waals surface area contributed by atoms with Crippen molar-refractivity contribution in [3.63, 3.8) is 0 Å². The van der Waals surface area contributed by atoms with Crippen LogP contribution in [0.2, 0.25) is 0 Å². The fourth-order valence-electron chi connectivity index (χ4n) is 5.39. The van der Waals surface area contributed by atoms with Crippen LogP contribution in [0.5, 0.6) is 0 Å². The van der Waals surface area contributed by atoms with Crippen molar-refractivity contribution in [3.05, 3.63) is 0 Å². The van der Waals surface area contributed by atoms with E-state index in [1.807, 2.05) is 13.8 Å². The third kappa shape index (κ3) is 2.18. The minimum absolute atomic E-state index is 0.0665. The van der Waals surface area contributed by atoms with Crippen LogP contribution in [0.15, 0.2) is 0 Å². The van der Waals surface area contributed by atoms with E-state index < -0.39 is 5.60 Å². The Balaban J connectivity index is 1.87. The summed E-state index contributed by atoms with van der Waals surface area (Å²) in [4.78, 5) is 26.6. The Hall–Kier alpha value is -1.06. The zero-order valence-corrected chi connectivity index (χ0v) is 13.4. The fourth-order valence-corrected chi connectivity index (χ4v) is 5.39. The number of carbonyl (C=O) groups excluding carboxylic acids is 2. The monoisotopic (exact) mass is 293 g/mol. The Morgan fingerprint density at radius 3 is 1.86 bits per heavy atom. The number of hydrogen-bond acceptors (Lipinski definition) is 3. The normalized spacial score (nSPS) is 40.1. The quantitative estimate of drug-likeness (QED) is 0.799. The van der Waals surface area contributed by atoms with Gasteiger partial charge in [0.2, 0.25) is 0 Å². The summed E-state index contributed by atoms with van der Waals surface area (Å²) in [5.74, 6) is 2.09. The zero-order valence-electron chi connectivity index (χ0n) is 13.4. The third-order valence-corrected chi connectivity index (χ3v) is 6.18. The smallest absolute Gasteiger partial charge is 0.410 e. The Labute approximate surface area is 127 Å². The second-order valence-electron chi connectivity index (χ2n) is 7.19. The molecule has 0 heterocycles. The first-order chi connectivity index (χ1) is 10.0. The van der Waals surface area contributed by atoms with E-state index in [2.05, 4.69) is 0 Å². The van der Waals surface area contributed by atoms with Gasteiger partial charge in [-0.3, -0.25) is 4.79 Å². The number of carbonyl (C=O) groups is 2. The lowest BCUT2D eigenvalue weighted by Gasteiger charge is -2.59. The van der Waals surface area contributed by atoms with Crippen LogP contribution in [-0.2, 0) is 9.53 Å². The number of hydrogen-bond donors (Lipinski definition) is 0. The van der Waals surface area contributed by atoms with Crippen molar-refractivity contribution < 1.29 is 14.3 Å². The number of amides is 1. The number of nitrogens with zero attached hydrogens (tertiary/aromatic N) is 1. The lowest BCUT2D eigenvalue weighted by atomic mass is 9.49. The van der Waals surface area contributed by atoms with Gasteiger partial charge >= 0.3 is 6.09 Å². The molecule has 0 radical (unpaired) electrons. The van der Waals surface area contributed by atoms with Crippen LogP contribution in [0.1, 0.15) is 52.9 Å². The molecule has 0 spiro atoms. The highest BCUT2D eigenvalue weighted by Crippen LogP contribution is 2.60.